The van der Waals surface area contributed by atoms with Gasteiger partial charge >= 0.3 is 6.18 Å². The highest BCUT2D eigenvalue weighted by Gasteiger charge is 2.31. The molecule has 0 saturated carbocycles. The third-order valence-corrected chi connectivity index (χ3v) is 6.17. The fourth-order valence-electron chi connectivity index (χ4n) is 4.07. The van der Waals surface area contributed by atoms with Gasteiger partial charge in [-0.3, -0.25) is 9.78 Å². The van der Waals surface area contributed by atoms with E-state index in [9.17, 15) is 18.0 Å². The minimum absolute atomic E-state index is 0.0170. The Hall–Kier alpha value is -5.06. The molecule has 0 saturated heterocycles. The van der Waals surface area contributed by atoms with E-state index in [1.54, 1.807) is 56.0 Å². The number of carbonyl (C=O) groups excluding carboxylic acids is 1. The molecule has 0 bridgehead atoms. The van der Waals surface area contributed by atoms with E-state index in [-0.39, 0.29) is 11.4 Å². The summed E-state index contributed by atoms with van der Waals surface area (Å²) in [5.74, 6) is -0.149. The van der Waals surface area contributed by atoms with Crippen LogP contribution >= 0.6 is 0 Å². The number of benzene rings is 1. The van der Waals surface area contributed by atoms with Gasteiger partial charge in [-0.15, -0.1) is 0 Å². The number of nitrogens with one attached hydrogen (secondary N) is 2. The van der Waals surface area contributed by atoms with E-state index in [1.165, 1.54) is 17.0 Å². The Labute approximate surface area is 228 Å². The lowest BCUT2D eigenvalue weighted by Gasteiger charge is -2.14. The van der Waals surface area contributed by atoms with Gasteiger partial charge in [0, 0.05) is 59.4 Å². The minimum Gasteiger partial charge on any atom is -0.327 e. The lowest BCUT2D eigenvalue weighted by Crippen LogP contribution is -2.15. The van der Waals surface area contributed by atoms with Gasteiger partial charge in [-0.2, -0.15) is 13.2 Å². The summed E-state index contributed by atoms with van der Waals surface area (Å²) in [4.78, 5) is 30.2. The van der Waals surface area contributed by atoms with Gasteiger partial charge < -0.3 is 15.2 Å². The second-order valence-electron chi connectivity index (χ2n) is 9.13. The molecule has 1 amide bonds. The molecule has 202 valence electrons. The van der Waals surface area contributed by atoms with Crippen LogP contribution in [-0.2, 0) is 11.0 Å². The van der Waals surface area contributed by atoms with Crippen molar-refractivity contribution in [1.82, 2.24) is 24.5 Å². The average Bonchev–Trinajstić information content (AvgIpc) is 3.29. The molecule has 1 aliphatic carbocycles. The van der Waals surface area contributed by atoms with Crippen molar-refractivity contribution in [3.8, 4) is 16.9 Å². The van der Waals surface area contributed by atoms with E-state index >= 15 is 0 Å². The summed E-state index contributed by atoms with van der Waals surface area (Å²) in [6, 6.07) is 8.90. The van der Waals surface area contributed by atoms with Gasteiger partial charge in [-0.05, 0) is 61.9 Å². The van der Waals surface area contributed by atoms with Crippen molar-refractivity contribution in [3.05, 3.63) is 114 Å². The van der Waals surface area contributed by atoms with Crippen molar-refractivity contribution in [1.29, 1.82) is 0 Å². The molecule has 0 spiro atoms. The largest absolute Gasteiger partial charge is 0.416 e. The Morgan fingerprint density at radius 2 is 1.90 bits per heavy atom. The maximum atomic E-state index is 13.6. The van der Waals surface area contributed by atoms with Crippen LogP contribution < -0.4 is 10.6 Å². The molecule has 1 aromatic carbocycles. The maximum absolute atomic E-state index is 13.6. The molecule has 5 rings (SSSR count). The van der Waals surface area contributed by atoms with Gasteiger partial charge in [0.25, 0.3) is 5.91 Å². The normalized spacial score (nSPS) is 13.6. The highest BCUT2D eigenvalue weighted by molar-refractivity contribution is 6.06. The van der Waals surface area contributed by atoms with Crippen molar-refractivity contribution in [2.45, 2.75) is 26.4 Å². The van der Waals surface area contributed by atoms with Gasteiger partial charge in [0.05, 0.1) is 23.3 Å². The van der Waals surface area contributed by atoms with E-state index in [0.29, 0.717) is 29.3 Å². The number of alkyl halides is 3. The number of nitrogens with zero attached hydrogens (tertiary/aromatic N) is 5. The van der Waals surface area contributed by atoms with Crippen molar-refractivity contribution in [2.75, 3.05) is 10.6 Å². The van der Waals surface area contributed by atoms with E-state index in [4.69, 9.17) is 0 Å². The number of aryl methyl sites for hydroxylation is 1. The molecule has 0 unspecified atom stereocenters. The smallest absolute Gasteiger partial charge is 0.327 e. The summed E-state index contributed by atoms with van der Waals surface area (Å²) in [6.45, 7) is 3.62. The van der Waals surface area contributed by atoms with E-state index in [0.717, 1.165) is 29.0 Å². The van der Waals surface area contributed by atoms with E-state index in [1.807, 2.05) is 19.1 Å². The topological polar surface area (TPSA) is 97.6 Å². The van der Waals surface area contributed by atoms with Crippen LogP contribution in [0, 0.1) is 6.92 Å². The molecule has 11 heteroatoms. The van der Waals surface area contributed by atoms with Crippen LogP contribution in [0.1, 0.15) is 24.6 Å². The fraction of sp³-hybridized carbons (Fsp3) is 0.138. The van der Waals surface area contributed by atoms with Crippen LogP contribution in [0.2, 0.25) is 0 Å². The number of imidazole rings is 1. The van der Waals surface area contributed by atoms with Crippen molar-refractivity contribution in [2.24, 2.45) is 0 Å². The quantitative estimate of drug-likeness (QED) is 0.298. The monoisotopic (exact) mass is 543 g/mol. The standard InChI is InChI=1S/C29H24F3N7O/c1-18-5-6-20(7-8-25(18)37-28-34-11-9-26(38-28)21-4-3-10-33-15-21)27(40)36-23-12-22(29(30,31)32)13-24(14-23)39-16-19(2)35-17-39/h3-7,9-17H,8H2,1-2H3,(H,36,40)(H,34,37,38). The second-order valence-corrected chi connectivity index (χ2v) is 9.13. The molecule has 3 heterocycles. The zero-order chi connectivity index (χ0) is 28.3. The molecule has 2 N–H and O–H groups in total. The SMILES string of the molecule is CC1=C(Nc2nccc(-c3cccnc3)n2)CC=C(C(=O)Nc2cc(-n3cnc(C)c3)cc(C(F)(F)F)c2)C=C1. The van der Waals surface area contributed by atoms with Gasteiger partial charge in [-0.25, -0.2) is 15.0 Å². The molecule has 8 nitrogen and oxygen atoms in total. The first kappa shape index (κ1) is 26.5. The highest BCUT2D eigenvalue weighted by atomic mass is 19.4. The number of aromatic nitrogens is 5. The molecular weight excluding hydrogens is 519 g/mol. The summed E-state index contributed by atoms with van der Waals surface area (Å²) in [7, 11) is 0. The van der Waals surface area contributed by atoms with Crippen molar-refractivity contribution in [3.63, 3.8) is 0 Å². The van der Waals surface area contributed by atoms with Crippen LogP contribution in [0.4, 0.5) is 24.8 Å². The first-order valence-corrected chi connectivity index (χ1v) is 12.3. The van der Waals surface area contributed by atoms with E-state index in [2.05, 4.69) is 30.6 Å². The molecule has 4 aromatic rings. The average molecular weight is 544 g/mol. The summed E-state index contributed by atoms with van der Waals surface area (Å²) < 4.78 is 42.3. The molecule has 40 heavy (non-hydrogen) atoms. The van der Waals surface area contributed by atoms with Gasteiger partial charge in [0.15, 0.2) is 0 Å². The summed E-state index contributed by atoms with van der Waals surface area (Å²) in [6.07, 6.45) is 8.91. The fourth-order valence-corrected chi connectivity index (χ4v) is 4.07. The van der Waals surface area contributed by atoms with Gasteiger partial charge in [0.2, 0.25) is 5.95 Å². The lowest BCUT2D eigenvalue weighted by molar-refractivity contribution is -0.137. The molecule has 0 radical (unpaired) electrons. The number of pyridine rings is 1. The summed E-state index contributed by atoms with van der Waals surface area (Å²) >= 11 is 0. The number of amides is 1. The number of allylic oxidation sites excluding steroid dienone is 3. The molecule has 0 atom stereocenters. The van der Waals surface area contributed by atoms with Crippen LogP contribution in [0.25, 0.3) is 16.9 Å². The third-order valence-electron chi connectivity index (χ3n) is 6.17. The Morgan fingerprint density at radius 3 is 2.62 bits per heavy atom. The van der Waals surface area contributed by atoms with E-state index < -0.39 is 17.6 Å². The van der Waals surface area contributed by atoms with Crippen molar-refractivity contribution >= 4 is 17.5 Å². The molecular formula is C29H24F3N7O. The Bertz CT molecular complexity index is 1650. The number of hydrogen-bond acceptors (Lipinski definition) is 6. The predicted molar refractivity (Wildman–Crippen MR) is 145 cm³/mol. The first-order chi connectivity index (χ1) is 19.2. The Kier molecular flexibility index (Phi) is 7.28. The predicted octanol–water partition coefficient (Wildman–Crippen LogP) is 6.26. The first-order valence-electron chi connectivity index (χ1n) is 12.3. The molecule has 0 aliphatic heterocycles. The number of anilines is 2. The van der Waals surface area contributed by atoms with Gasteiger partial charge in [0.1, 0.15) is 0 Å². The van der Waals surface area contributed by atoms with Crippen LogP contribution in [0.3, 0.4) is 0 Å². The zero-order valence-electron chi connectivity index (χ0n) is 21.6. The molecule has 1 aliphatic rings. The maximum Gasteiger partial charge on any atom is 0.416 e. The minimum atomic E-state index is -4.59. The van der Waals surface area contributed by atoms with Crippen LogP contribution in [-0.4, -0.2) is 30.4 Å². The zero-order valence-corrected chi connectivity index (χ0v) is 21.6. The number of carbonyl (C=O) groups is 1. The molecule has 0 fully saturated rings. The van der Waals surface area contributed by atoms with Crippen molar-refractivity contribution < 1.29 is 18.0 Å². The van der Waals surface area contributed by atoms with Crippen LogP contribution in [0.15, 0.2) is 103 Å². The number of halogens is 3. The summed E-state index contributed by atoms with van der Waals surface area (Å²) in [5.41, 5.74) is 3.50. The second kappa shape index (κ2) is 11.0. The van der Waals surface area contributed by atoms with Crippen LogP contribution in [0.5, 0.6) is 0 Å². The Balaban J connectivity index is 1.34. The number of hydrogen-bond donors (Lipinski definition) is 2. The summed E-state index contributed by atoms with van der Waals surface area (Å²) in [5, 5.41) is 5.83. The number of rotatable bonds is 6. The highest BCUT2D eigenvalue weighted by Crippen LogP contribution is 2.33. The lowest BCUT2D eigenvalue weighted by atomic mass is 10.1. The third kappa shape index (κ3) is 6.15. The van der Waals surface area contributed by atoms with Gasteiger partial charge in [-0.1, -0.05) is 12.2 Å². The molecule has 3 aromatic heterocycles. The Morgan fingerprint density at radius 1 is 1.05 bits per heavy atom.